The molecule has 1 atom stereocenters. The number of esters is 1. The minimum atomic E-state index is -0.381. The largest absolute Gasteiger partial charge is 0.465 e. The first-order valence-corrected chi connectivity index (χ1v) is 9.74. The van der Waals surface area contributed by atoms with Crippen LogP contribution >= 0.6 is 11.3 Å². The van der Waals surface area contributed by atoms with Crippen molar-refractivity contribution in [2.24, 2.45) is 0 Å². The number of ether oxygens (including phenoxy) is 2. The molecule has 0 radical (unpaired) electrons. The standard InChI is InChI=1S/C19H21N3O4S/c1-25-18(24)13-4-2-3-12(9-13)14-10-16(23)20-11-15-17(14)27-19(21-15)22-5-7-26-8-6-22/h2-4,9,14H,5-8,10-11H2,1H3,(H,20,23)/t14-/m0/s1. The van der Waals surface area contributed by atoms with Gasteiger partial charge in [0.25, 0.3) is 0 Å². The van der Waals surface area contributed by atoms with Crippen LogP contribution in [0.25, 0.3) is 0 Å². The third-order valence-electron chi connectivity index (χ3n) is 4.87. The number of carbonyl (C=O) groups excluding carboxylic acids is 2. The Kier molecular flexibility index (Phi) is 5.09. The average Bonchev–Trinajstić information content (AvgIpc) is 3.08. The molecular formula is C19H21N3O4S. The maximum absolute atomic E-state index is 12.2. The lowest BCUT2D eigenvalue weighted by Gasteiger charge is -2.26. The van der Waals surface area contributed by atoms with Gasteiger partial charge in [-0.1, -0.05) is 12.1 Å². The number of nitrogens with zero attached hydrogens (tertiary/aromatic N) is 2. The van der Waals surface area contributed by atoms with Crippen molar-refractivity contribution < 1.29 is 19.1 Å². The normalized spacial score (nSPS) is 19.8. The molecule has 0 saturated carbocycles. The highest BCUT2D eigenvalue weighted by Crippen LogP contribution is 2.39. The zero-order valence-corrected chi connectivity index (χ0v) is 15.9. The van der Waals surface area contributed by atoms with Gasteiger partial charge in [0, 0.05) is 30.3 Å². The molecule has 4 rings (SSSR count). The Morgan fingerprint density at radius 2 is 2.19 bits per heavy atom. The number of hydrogen-bond acceptors (Lipinski definition) is 7. The molecule has 0 unspecified atom stereocenters. The zero-order chi connectivity index (χ0) is 18.8. The van der Waals surface area contributed by atoms with Crippen LogP contribution in [0.4, 0.5) is 5.13 Å². The molecule has 142 valence electrons. The van der Waals surface area contributed by atoms with Crippen LogP contribution in [-0.4, -0.2) is 50.3 Å². The number of aromatic nitrogens is 1. The first-order valence-electron chi connectivity index (χ1n) is 8.93. The van der Waals surface area contributed by atoms with Crippen molar-refractivity contribution >= 4 is 28.3 Å². The maximum atomic E-state index is 12.2. The number of fused-ring (bicyclic) bond motifs is 1. The van der Waals surface area contributed by atoms with Crippen molar-refractivity contribution in [1.82, 2.24) is 10.3 Å². The smallest absolute Gasteiger partial charge is 0.337 e. The second-order valence-corrected chi connectivity index (χ2v) is 7.57. The highest BCUT2D eigenvalue weighted by Gasteiger charge is 2.29. The van der Waals surface area contributed by atoms with E-state index in [9.17, 15) is 9.59 Å². The summed E-state index contributed by atoms with van der Waals surface area (Å²) in [7, 11) is 1.37. The summed E-state index contributed by atoms with van der Waals surface area (Å²) < 4.78 is 10.3. The summed E-state index contributed by atoms with van der Waals surface area (Å²) in [5, 5.41) is 3.90. The fraction of sp³-hybridized carbons (Fsp3) is 0.421. The molecule has 8 heteroatoms. The molecule has 2 aliphatic rings. The lowest BCUT2D eigenvalue weighted by Crippen LogP contribution is -2.36. The van der Waals surface area contributed by atoms with Crippen molar-refractivity contribution in [3.8, 4) is 0 Å². The maximum Gasteiger partial charge on any atom is 0.337 e. The summed E-state index contributed by atoms with van der Waals surface area (Å²) in [6.45, 7) is 3.47. The topological polar surface area (TPSA) is 80.8 Å². The molecule has 0 spiro atoms. The van der Waals surface area contributed by atoms with Gasteiger partial charge in [0.05, 0.1) is 38.1 Å². The number of carbonyl (C=O) groups is 2. The highest BCUT2D eigenvalue weighted by molar-refractivity contribution is 7.15. The van der Waals surface area contributed by atoms with Gasteiger partial charge >= 0.3 is 5.97 Å². The Hall–Kier alpha value is -2.45. The Labute approximate surface area is 161 Å². The second-order valence-electron chi connectivity index (χ2n) is 6.56. The van der Waals surface area contributed by atoms with E-state index in [-0.39, 0.29) is 17.8 Å². The monoisotopic (exact) mass is 387 g/mol. The lowest BCUT2D eigenvalue weighted by atomic mass is 9.92. The van der Waals surface area contributed by atoms with Crippen LogP contribution in [0.2, 0.25) is 0 Å². The predicted octanol–water partition coefficient (Wildman–Crippen LogP) is 1.92. The van der Waals surface area contributed by atoms with Crippen molar-refractivity contribution in [1.29, 1.82) is 0 Å². The van der Waals surface area contributed by atoms with Gasteiger partial charge < -0.3 is 19.7 Å². The van der Waals surface area contributed by atoms with Gasteiger partial charge in [-0.15, -0.1) is 11.3 Å². The van der Waals surface area contributed by atoms with Crippen LogP contribution in [0.1, 0.15) is 38.8 Å². The fourth-order valence-electron chi connectivity index (χ4n) is 3.44. The van der Waals surface area contributed by atoms with Crippen molar-refractivity contribution in [2.45, 2.75) is 18.9 Å². The number of rotatable bonds is 3. The zero-order valence-electron chi connectivity index (χ0n) is 15.1. The number of methoxy groups -OCH3 is 1. The van der Waals surface area contributed by atoms with Crippen LogP contribution in [-0.2, 0) is 20.8 Å². The number of anilines is 1. The molecule has 1 saturated heterocycles. The van der Waals surface area contributed by atoms with E-state index in [2.05, 4.69) is 10.2 Å². The molecule has 27 heavy (non-hydrogen) atoms. The van der Waals surface area contributed by atoms with Crippen LogP contribution in [0.3, 0.4) is 0 Å². The van der Waals surface area contributed by atoms with Gasteiger partial charge in [-0.2, -0.15) is 0 Å². The summed E-state index contributed by atoms with van der Waals surface area (Å²) >= 11 is 1.63. The van der Waals surface area contributed by atoms with E-state index in [1.807, 2.05) is 18.2 Å². The first-order chi connectivity index (χ1) is 13.2. The van der Waals surface area contributed by atoms with Crippen molar-refractivity contribution in [3.05, 3.63) is 46.0 Å². The number of nitrogens with one attached hydrogen (secondary N) is 1. The van der Waals surface area contributed by atoms with Gasteiger partial charge in [0.2, 0.25) is 5.91 Å². The fourth-order valence-corrected chi connectivity index (χ4v) is 4.70. The van der Waals surface area contributed by atoms with Crippen LogP contribution in [0.5, 0.6) is 0 Å². The van der Waals surface area contributed by atoms with Gasteiger partial charge in [0.1, 0.15) is 0 Å². The highest BCUT2D eigenvalue weighted by atomic mass is 32.1. The van der Waals surface area contributed by atoms with E-state index in [1.54, 1.807) is 17.4 Å². The Bertz CT molecular complexity index is 860. The molecule has 1 N–H and O–H groups in total. The number of amides is 1. The average molecular weight is 387 g/mol. The molecule has 2 aromatic rings. The lowest BCUT2D eigenvalue weighted by molar-refractivity contribution is -0.121. The summed E-state index contributed by atoms with van der Waals surface area (Å²) in [6, 6.07) is 7.31. The van der Waals surface area contributed by atoms with Crippen molar-refractivity contribution in [2.75, 3.05) is 38.3 Å². The quantitative estimate of drug-likeness (QED) is 0.811. The van der Waals surface area contributed by atoms with Crippen LogP contribution in [0.15, 0.2) is 24.3 Å². The van der Waals surface area contributed by atoms with Gasteiger partial charge in [-0.3, -0.25) is 4.79 Å². The summed E-state index contributed by atoms with van der Waals surface area (Å²) in [5.41, 5.74) is 2.31. The van der Waals surface area contributed by atoms with Crippen molar-refractivity contribution in [3.63, 3.8) is 0 Å². The van der Waals surface area contributed by atoms with E-state index >= 15 is 0 Å². The molecule has 1 aromatic carbocycles. The third kappa shape index (κ3) is 3.68. The first kappa shape index (κ1) is 17.9. The molecule has 0 aliphatic carbocycles. The van der Waals surface area contributed by atoms with E-state index in [4.69, 9.17) is 14.5 Å². The van der Waals surface area contributed by atoms with Gasteiger partial charge in [-0.25, -0.2) is 9.78 Å². The molecule has 7 nitrogen and oxygen atoms in total. The van der Waals surface area contributed by atoms with Gasteiger partial charge in [-0.05, 0) is 17.7 Å². The second kappa shape index (κ2) is 7.66. The molecule has 2 aliphatic heterocycles. The van der Waals surface area contributed by atoms with E-state index in [0.29, 0.717) is 31.7 Å². The molecule has 0 bridgehead atoms. The summed E-state index contributed by atoms with van der Waals surface area (Å²) in [4.78, 5) is 32.3. The summed E-state index contributed by atoms with van der Waals surface area (Å²) in [6.07, 6.45) is 0.336. The Balaban J connectivity index is 1.71. The molecule has 1 fully saturated rings. The van der Waals surface area contributed by atoms with E-state index in [1.165, 1.54) is 7.11 Å². The van der Waals surface area contributed by atoms with E-state index in [0.717, 1.165) is 34.4 Å². The minimum Gasteiger partial charge on any atom is -0.465 e. The van der Waals surface area contributed by atoms with E-state index < -0.39 is 0 Å². The minimum absolute atomic E-state index is 0.0124. The SMILES string of the molecule is COC(=O)c1cccc([C@@H]2CC(=O)NCc3nc(N4CCOCC4)sc32)c1. The van der Waals surface area contributed by atoms with Crippen LogP contribution < -0.4 is 10.2 Å². The number of morpholine rings is 1. The molecular weight excluding hydrogens is 366 g/mol. The predicted molar refractivity (Wildman–Crippen MR) is 101 cm³/mol. The van der Waals surface area contributed by atoms with Gasteiger partial charge in [0.15, 0.2) is 5.13 Å². The Morgan fingerprint density at radius 3 is 2.96 bits per heavy atom. The molecule has 1 aromatic heterocycles. The molecule has 3 heterocycles. The summed E-state index contributed by atoms with van der Waals surface area (Å²) in [5.74, 6) is -0.519. The number of thiazole rings is 1. The number of benzene rings is 1. The third-order valence-corrected chi connectivity index (χ3v) is 6.14. The van der Waals surface area contributed by atoms with Crippen LogP contribution in [0, 0.1) is 0 Å². The number of hydrogen-bond donors (Lipinski definition) is 1. The Morgan fingerprint density at radius 1 is 1.37 bits per heavy atom. The molecule has 1 amide bonds.